The van der Waals surface area contributed by atoms with Gasteiger partial charge in [0.05, 0.1) is 0 Å². The Morgan fingerprint density at radius 3 is 2.50 bits per heavy atom. The minimum atomic E-state index is -0.430. The Bertz CT molecular complexity index is 284. The number of carbonyl (C=O) groups excluding carboxylic acids is 1. The van der Waals surface area contributed by atoms with Crippen molar-refractivity contribution in [1.82, 2.24) is 4.90 Å². The maximum absolute atomic E-state index is 12.2. The summed E-state index contributed by atoms with van der Waals surface area (Å²) in [6.07, 6.45) is 1.80. The third kappa shape index (κ3) is 4.16. The van der Waals surface area contributed by atoms with Crippen molar-refractivity contribution in [3.8, 4) is 0 Å². The molecule has 0 bridgehead atoms. The minimum Gasteiger partial charge on any atom is -0.444 e. The van der Waals surface area contributed by atoms with Crippen LogP contribution in [-0.4, -0.2) is 35.7 Å². The van der Waals surface area contributed by atoms with E-state index in [2.05, 4.69) is 13.8 Å². The molecular weight excluding hydrogens is 228 g/mol. The summed E-state index contributed by atoms with van der Waals surface area (Å²) >= 11 is 0. The standard InChI is InChI=1S/C14H28N2O2/c1-10(2)8-12-11(9-15)6-7-16(12)13(17)18-14(3,4)5/h10-12H,6-9,15H2,1-5H3. The SMILES string of the molecule is CC(C)CC1C(CN)CCN1C(=O)OC(C)(C)C. The van der Waals surface area contributed by atoms with Gasteiger partial charge in [-0.2, -0.15) is 0 Å². The third-order valence-electron chi connectivity index (χ3n) is 3.33. The van der Waals surface area contributed by atoms with E-state index in [1.165, 1.54) is 0 Å². The lowest BCUT2D eigenvalue weighted by Crippen LogP contribution is -2.43. The van der Waals surface area contributed by atoms with Crippen LogP contribution in [0.15, 0.2) is 0 Å². The predicted molar refractivity (Wildman–Crippen MR) is 73.3 cm³/mol. The van der Waals surface area contributed by atoms with E-state index in [4.69, 9.17) is 10.5 Å². The van der Waals surface area contributed by atoms with Gasteiger partial charge in [0.15, 0.2) is 0 Å². The highest BCUT2D eigenvalue weighted by Gasteiger charge is 2.38. The Kier molecular flexibility index (Phi) is 5.02. The lowest BCUT2D eigenvalue weighted by atomic mass is 9.93. The molecule has 0 aromatic rings. The van der Waals surface area contributed by atoms with Gasteiger partial charge in [-0.25, -0.2) is 4.79 Å². The first kappa shape index (κ1) is 15.3. The number of nitrogens with two attached hydrogens (primary N) is 1. The average molecular weight is 256 g/mol. The second-order valence-corrected chi connectivity index (χ2v) is 6.66. The van der Waals surface area contributed by atoms with Crippen LogP contribution < -0.4 is 5.73 Å². The van der Waals surface area contributed by atoms with Gasteiger partial charge in [0.25, 0.3) is 0 Å². The third-order valence-corrected chi connectivity index (χ3v) is 3.33. The number of amides is 1. The second kappa shape index (κ2) is 5.91. The molecule has 0 spiro atoms. The molecule has 0 aromatic carbocycles. The van der Waals surface area contributed by atoms with Gasteiger partial charge < -0.3 is 15.4 Å². The van der Waals surface area contributed by atoms with Crippen molar-refractivity contribution in [3.63, 3.8) is 0 Å². The zero-order valence-corrected chi connectivity index (χ0v) is 12.4. The molecule has 18 heavy (non-hydrogen) atoms. The van der Waals surface area contributed by atoms with Crippen LogP contribution in [0.5, 0.6) is 0 Å². The first-order valence-electron chi connectivity index (χ1n) is 6.94. The highest BCUT2D eigenvalue weighted by atomic mass is 16.6. The molecule has 1 fully saturated rings. The quantitative estimate of drug-likeness (QED) is 0.844. The fourth-order valence-electron chi connectivity index (χ4n) is 2.54. The van der Waals surface area contributed by atoms with Crippen LogP contribution in [0.3, 0.4) is 0 Å². The van der Waals surface area contributed by atoms with Crippen LogP contribution in [0.25, 0.3) is 0 Å². The molecule has 0 radical (unpaired) electrons. The number of hydrogen-bond donors (Lipinski definition) is 1. The van der Waals surface area contributed by atoms with Crippen molar-refractivity contribution in [3.05, 3.63) is 0 Å². The molecule has 0 aromatic heterocycles. The fourth-order valence-corrected chi connectivity index (χ4v) is 2.54. The maximum atomic E-state index is 12.2. The van der Waals surface area contributed by atoms with Crippen LogP contribution in [-0.2, 0) is 4.74 Å². The average Bonchev–Trinajstić information content (AvgIpc) is 2.57. The molecular formula is C14H28N2O2. The monoisotopic (exact) mass is 256 g/mol. The zero-order valence-electron chi connectivity index (χ0n) is 12.4. The van der Waals surface area contributed by atoms with E-state index in [1.807, 2.05) is 25.7 Å². The van der Waals surface area contributed by atoms with Gasteiger partial charge in [-0.1, -0.05) is 13.8 Å². The molecule has 1 rings (SSSR count). The topological polar surface area (TPSA) is 55.6 Å². The first-order chi connectivity index (χ1) is 8.24. The predicted octanol–water partition coefficient (Wildman–Crippen LogP) is 2.62. The van der Waals surface area contributed by atoms with E-state index in [0.29, 0.717) is 18.4 Å². The van der Waals surface area contributed by atoms with Crippen molar-refractivity contribution in [2.75, 3.05) is 13.1 Å². The Morgan fingerprint density at radius 1 is 1.44 bits per heavy atom. The number of ether oxygens (including phenoxy) is 1. The summed E-state index contributed by atoms with van der Waals surface area (Å²) in [5.41, 5.74) is 5.38. The van der Waals surface area contributed by atoms with E-state index >= 15 is 0 Å². The smallest absolute Gasteiger partial charge is 0.410 e. The summed E-state index contributed by atoms with van der Waals surface area (Å²) in [7, 11) is 0. The zero-order chi connectivity index (χ0) is 13.9. The molecule has 2 N–H and O–H groups in total. The van der Waals surface area contributed by atoms with Gasteiger partial charge >= 0.3 is 6.09 Å². The van der Waals surface area contributed by atoms with Gasteiger partial charge in [-0.15, -0.1) is 0 Å². The fraction of sp³-hybridized carbons (Fsp3) is 0.929. The summed E-state index contributed by atoms with van der Waals surface area (Å²) in [6.45, 7) is 11.5. The van der Waals surface area contributed by atoms with Crippen LogP contribution in [0.2, 0.25) is 0 Å². The summed E-state index contributed by atoms with van der Waals surface area (Å²) in [5.74, 6) is 0.979. The highest BCUT2D eigenvalue weighted by molar-refractivity contribution is 5.69. The summed E-state index contributed by atoms with van der Waals surface area (Å²) in [6, 6.07) is 0.241. The molecule has 0 saturated carbocycles. The van der Waals surface area contributed by atoms with Crippen molar-refractivity contribution in [2.45, 2.75) is 59.1 Å². The van der Waals surface area contributed by atoms with Gasteiger partial charge in [-0.05, 0) is 52.0 Å². The minimum absolute atomic E-state index is 0.191. The number of likely N-dealkylation sites (tertiary alicyclic amines) is 1. The number of nitrogens with zero attached hydrogens (tertiary/aromatic N) is 1. The van der Waals surface area contributed by atoms with E-state index in [0.717, 1.165) is 19.4 Å². The Labute approximate surface area is 111 Å². The lowest BCUT2D eigenvalue weighted by molar-refractivity contribution is 0.0192. The van der Waals surface area contributed by atoms with E-state index in [9.17, 15) is 4.79 Å². The molecule has 2 unspecified atom stereocenters. The normalized spacial score (nSPS) is 24.7. The molecule has 106 valence electrons. The molecule has 4 nitrogen and oxygen atoms in total. The second-order valence-electron chi connectivity index (χ2n) is 6.66. The number of hydrogen-bond acceptors (Lipinski definition) is 3. The largest absolute Gasteiger partial charge is 0.444 e. The molecule has 1 amide bonds. The highest BCUT2D eigenvalue weighted by Crippen LogP contribution is 2.29. The van der Waals surface area contributed by atoms with Crippen molar-refractivity contribution in [2.24, 2.45) is 17.6 Å². The Balaban J connectivity index is 2.71. The van der Waals surface area contributed by atoms with E-state index < -0.39 is 5.60 Å². The number of rotatable bonds is 3. The molecule has 1 aliphatic rings. The van der Waals surface area contributed by atoms with Crippen LogP contribution in [0.1, 0.15) is 47.5 Å². The van der Waals surface area contributed by atoms with E-state index in [1.54, 1.807) is 0 Å². The lowest BCUT2D eigenvalue weighted by Gasteiger charge is -2.31. The van der Waals surface area contributed by atoms with Gasteiger partial charge in [-0.3, -0.25) is 0 Å². The van der Waals surface area contributed by atoms with Crippen molar-refractivity contribution < 1.29 is 9.53 Å². The maximum Gasteiger partial charge on any atom is 0.410 e. The molecule has 2 atom stereocenters. The van der Waals surface area contributed by atoms with Crippen molar-refractivity contribution >= 4 is 6.09 Å². The molecule has 1 heterocycles. The summed E-state index contributed by atoms with van der Waals surface area (Å²) in [4.78, 5) is 14.1. The first-order valence-corrected chi connectivity index (χ1v) is 6.94. The van der Waals surface area contributed by atoms with Gasteiger partial charge in [0, 0.05) is 12.6 Å². The van der Waals surface area contributed by atoms with Crippen LogP contribution in [0, 0.1) is 11.8 Å². The number of carbonyl (C=O) groups is 1. The summed E-state index contributed by atoms with van der Waals surface area (Å²) < 4.78 is 5.47. The van der Waals surface area contributed by atoms with Crippen LogP contribution in [0.4, 0.5) is 4.79 Å². The van der Waals surface area contributed by atoms with Gasteiger partial charge in [0.2, 0.25) is 0 Å². The van der Waals surface area contributed by atoms with E-state index in [-0.39, 0.29) is 12.1 Å². The van der Waals surface area contributed by atoms with Crippen molar-refractivity contribution in [1.29, 1.82) is 0 Å². The molecule has 0 aliphatic carbocycles. The Hall–Kier alpha value is -0.770. The molecule has 1 aliphatic heterocycles. The Morgan fingerprint density at radius 2 is 2.06 bits per heavy atom. The van der Waals surface area contributed by atoms with Gasteiger partial charge in [0.1, 0.15) is 5.60 Å². The molecule has 1 saturated heterocycles. The summed E-state index contributed by atoms with van der Waals surface area (Å²) in [5, 5.41) is 0. The molecule has 4 heteroatoms. The van der Waals surface area contributed by atoms with Crippen LogP contribution >= 0.6 is 0 Å².